The fraction of sp³-hybridized carbons (Fsp3) is 0.214. The molecule has 0 bridgehead atoms. The van der Waals surface area contributed by atoms with Gasteiger partial charge in [0.25, 0.3) is 5.91 Å². The number of thiophene rings is 1. The van der Waals surface area contributed by atoms with E-state index in [2.05, 4.69) is 21.2 Å². The molecular weight excluding hydrogens is 362 g/mol. The highest BCUT2D eigenvalue weighted by Gasteiger charge is 2.14. The first kappa shape index (κ1) is 15.4. The smallest absolute Gasteiger partial charge is 0.261 e. The molecule has 1 aromatic heterocycles. The minimum Gasteiger partial charge on any atom is -0.496 e. The predicted octanol–water partition coefficient (Wildman–Crippen LogP) is 4.66. The molecule has 2 rings (SSSR count). The average Bonchev–Trinajstić information content (AvgIpc) is 2.85. The Balaban J connectivity index is 2.10. The first-order valence-corrected chi connectivity index (χ1v) is 7.89. The summed E-state index contributed by atoms with van der Waals surface area (Å²) in [5.74, 6) is 0.638. The van der Waals surface area contributed by atoms with Crippen LogP contribution in [-0.2, 0) is 0 Å². The number of hydrogen-bond acceptors (Lipinski definition) is 3. The first-order valence-electron chi connectivity index (χ1n) is 5.91. The van der Waals surface area contributed by atoms with Crippen molar-refractivity contribution >= 4 is 44.8 Å². The summed E-state index contributed by atoms with van der Waals surface area (Å²) in [6.07, 6.45) is 0. The second-order valence-electron chi connectivity index (χ2n) is 4.19. The topological polar surface area (TPSA) is 38.3 Å². The van der Waals surface area contributed by atoms with Crippen LogP contribution in [0.2, 0.25) is 4.34 Å². The third-order valence-electron chi connectivity index (χ3n) is 2.82. The van der Waals surface area contributed by atoms with Crippen LogP contribution in [0.5, 0.6) is 5.75 Å². The molecule has 0 aliphatic rings. The second-order valence-corrected chi connectivity index (χ2v) is 6.76. The van der Waals surface area contributed by atoms with Crippen molar-refractivity contribution in [2.45, 2.75) is 13.0 Å². The van der Waals surface area contributed by atoms with Crippen LogP contribution >= 0.6 is 38.9 Å². The number of carbonyl (C=O) groups excluding carboxylic acids is 1. The lowest BCUT2D eigenvalue weighted by Gasteiger charge is -2.15. The molecule has 0 fully saturated rings. The van der Waals surface area contributed by atoms with Crippen molar-refractivity contribution in [1.82, 2.24) is 5.32 Å². The zero-order valence-electron chi connectivity index (χ0n) is 10.9. The van der Waals surface area contributed by atoms with Gasteiger partial charge in [-0.25, -0.2) is 0 Å². The fourth-order valence-electron chi connectivity index (χ4n) is 1.74. The van der Waals surface area contributed by atoms with E-state index in [1.807, 2.05) is 25.1 Å². The summed E-state index contributed by atoms with van der Waals surface area (Å²) in [4.78, 5) is 12.7. The monoisotopic (exact) mass is 373 g/mol. The van der Waals surface area contributed by atoms with Gasteiger partial charge in [0.2, 0.25) is 0 Å². The summed E-state index contributed by atoms with van der Waals surface area (Å²) < 4.78 is 6.65. The van der Waals surface area contributed by atoms with Gasteiger partial charge in [-0.15, -0.1) is 11.3 Å². The Morgan fingerprint density at radius 3 is 2.70 bits per heavy atom. The molecule has 20 heavy (non-hydrogen) atoms. The normalized spacial score (nSPS) is 12.0. The number of halogens is 2. The molecule has 0 aliphatic carbocycles. The van der Waals surface area contributed by atoms with Gasteiger partial charge in [-0.1, -0.05) is 17.7 Å². The van der Waals surface area contributed by atoms with E-state index >= 15 is 0 Å². The number of nitrogens with one attached hydrogen (secondary N) is 1. The lowest BCUT2D eigenvalue weighted by Crippen LogP contribution is -2.25. The molecule has 0 saturated heterocycles. The molecule has 0 aliphatic heterocycles. The number of benzene rings is 1. The minimum atomic E-state index is -0.124. The molecule has 0 unspecified atom stereocenters. The molecule has 1 N–H and O–H groups in total. The van der Waals surface area contributed by atoms with Crippen molar-refractivity contribution in [3.8, 4) is 5.75 Å². The predicted molar refractivity (Wildman–Crippen MR) is 85.9 cm³/mol. The second kappa shape index (κ2) is 6.61. The molecule has 1 amide bonds. The zero-order chi connectivity index (χ0) is 14.7. The Labute approximate surface area is 135 Å². The highest BCUT2D eigenvalue weighted by molar-refractivity contribution is 9.10. The molecule has 1 heterocycles. The van der Waals surface area contributed by atoms with E-state index in [9.17, 15) is 4.79 Å². The Kier molecular flexibility index (Phi) is 5.07. The van der Waals surface area contributed by atoms with Crippen LogP contribution < -0.4 is 10.1 Å². The van der Waals surface area contributed by atoms with E-state index in [4.69, 9.17) is 16.3 Å². The van der Waals surface area contributed by atoms with Crippen molar-refractivity contribution in [3.05, 3.63) is 49.6 Å². The van der Waals surface area contributed by atoms with E-state index in [0.717, 1.165) is 15.8 Å². The number of ether oxygens (including phenoxy) is 1. The third-order valence-corrected chi connectivity index (χ3v) is 4.67. The maximum atomic E-state index is 12.1. The summed E-state index contributed by atoms with van der Waals surface area (Å²) in [5.41, 5.74) is 0.994. The van der Waals surface area contributed by atoms with Crippen molar-refractivity contribution in [1.29, 1.82) is 0 Å². The zero-order valence-corrected chi connectivity index (χ0v) is 14.1. The largest absolute Gasteiger partial charge is 0.496 e. The van der Waals surface area contributed by atoms with Gasteiger partial charge < -0.3 is 10.1 Å². The van der Waals surface area contributed by atoms with Crippen LogP contribution in [0.25, 0.3) is 0 Å². The Morgan fingerprint density at radius 1 is 1.40 bits per heavy atom. The lowest BCUT2D eigenvalue weighted by molar-refractivity contribution is 0.0944. The molecular formula is C14H13BrClNO2S. The van der Waals surface area contributed by atoms with Gasteiger partial charge in [0, 0.05) is 0 Å². The lowest BCUT2D eigenvalue weighted by atomic mass is 10.1. The number of carbonyl (C=O) groups is 1. The van der Waals surface area contributed by atoms with Gasteiger partial charge in [-0.3, -0.25) is 4.79 Å². The molecule has 0 spiro atoms. The van der Waals surface area contributed by atoms with Crippen LogP contribution in [0.15, 0.2) is 34.8 Å². The minimum absolute atomic E-state index is 0.106. The van der Waals surface area contributed by atoms with Gasteiger partial charge in [-0.2, -0.15) is 0 Å². The third kappa shape index (κ3) is 3.53. The van der Waals surface area contributed by atoms with Crippen molar-refractivity contribution in [2.24, 2.45) is 0 Å². The van der Waals surface area contributed by atoms with Gasteiger partial charge >= 0.3 is 0 Å². The summed E-state index contributed by atoms with van der Waals surface area (Å²) in [6.45, 7) is 1.93. The number of amides is 1. The SMILES string of the molecule is COc1ccc([C@@H](C)NC(=O)c2ccc(Cl)s2)cc1Br. The average molecular weight is 375 g/mol. The Bertz CT molecular complexity index is 629. The van der Waals surface area contributed by atoms with Crippen molar-refractivity contribution in [2.75, 3.05) is 7.11 Å². The number of rotatable bonds is 4. The van der Waals surface area contributed by atoms with Crippen LogP contribution in [0.1, 0.15) is 28.2 Å². The highest BCUT2D eigenvalue weighted by atomic mass is 79.9. The van der Waals surface area contributed by atoms with E-state index in [1.54, 1.807) is 19.2 Å². The van der Waals surface area contributed by atoms with Crippen LogP contribution in [0.4, 0.5) is 0 Å². The molecule has 0 radical (unpaired) electrons. The number of methoxy groups -OCH3 is 1. The highest BCUT2D eigenvalue weighted by Crippen LogP contribution is 2.28. The summed E-state index contributed by atoms with van der Waals surface area (Å²) in [6, 6.07) is 9.06. The summed E-state index contributed by atoms with van der Waals surface area (Å²) >= 11 is 10.5. The molecule has 106 valence electrons. The molecule has 6 heteroatoms. The molecule has 1 atom stereocenters. The quantitative estimate of drug-likeness (QED) is 0.845. The Hall–Kier alpha value is -1.04. The first-order chi connectivity index (χ1) is 9.51. The number of hydrogen-bond donors (Lipinski definition) is 1. The van der Waals surface area contributed by atoms with Crippen molar-refractivity contribution < 1.29 is 9.53 Å². The van der Waals surface area contributed by atoms with Gasteiger partial charge in [0.15, 0.2) is 0 Å². The maximum Gasteiger partial charge on any atom is 0.261 e. The van der Waals surface area contributed by atoms with Crippen LogP contribution in [-0.4, -0.2) is 13.0 Å². The molecule has 1 aromatic carbocycles. The fourth-order valence-corrected chi connectivity index (χ4v) is 3.24. The molecule has 3 nitrogen and oxygen atoms in total. The summed E-state index contributed by atoms with van der Waals surface area (Å²) in [5, 5.41) is 2.94. The molecule has 0 saturated carbocycles. The Morgan fingerprint density at radius 2 is 2.15 bits per heavy atom. The maximum absolute atomic E-state index is 12.1. The van der Waals surface area contributed by atoms with Crippen LogP contribution in [0, 0.1) is 0 Å². The van der Waals surface area contributed by atoms with Gasteiger partial charge in [-0.05, 0) is 52.7 Å². The van der Waals surface area contributed by atoms with E-state index < -0.39 is 0 Å². The van der Waals surface area contributed by atoms with E-state index in [0.29, 0.717) is 9.21 Å². The molecule has 2 aromatic rings. The van der Waals surface area contributed by atoms with Gasteiger partial charge in [0.05, 0.1) is 26.8 Å². The van der Waals surface area contributed by atoms with E-state index in [1.165, 1.54) is 11.3 Å². The van der Waals surface area contributed by atoms with Gasteiger partial charge in [0.1, 0.15) is 5.75 Å². The van der Waals surface area contributed by atoms with Crippen molar-refractivity contribution in [3.63, 3.8) is 0 Å². The summed E-state index contributed by atoms with van der Waals surface area (Å²) in [7, 11) is 1.62. The van der Waals surface area contributed by atoms with Crippen LogP contribution in [0.3, 0.4) is 0 Å². The van der Waals surface area contributed by atoms with E-state index in [-0.39, 0.29) is 11.9 Å². The standard InChI is InChI=1S/C14H13BrClNO2S/c1-8(9-3-4-11(19-2)10(15)7-9)17-14(18)12-5-6-13(16)20-12/h3-8H,1-2H3,(H,17,18)/t8-/m1/s1.